The molecule has 358 valence electrons. The van der Waals surface area contributed by atoms with Gasteiger partial charge in [0, 0.05) is 46.8 Å². The van der Waals surface area contributed by atoms with Gasteiger partial charge in [-0.3, -0.25) is 9.59 Å². The molecule has 0 saturated heterocycles. The summed E-state index contributed by atoms with van der Waals surface area (Å²) in [7, 11) is -9.21. The van der Waals surface area contributed by atoms with Gasteiger partial charge in [-0.25, -0.2) is 21.8 Å². The minimum absolute atomic E-state index is 0.0553. The monoisotopic (exact) mass is 1000 g/mol. The number of nitriles is 2. The molecule has 0 spiro atoms. The number of benzene rings is 5. The third-order valence-corrected chi connectivity index (χ3v) is 14.5. The zero-order chi connectivity index (χ0) is 49.9. The van der Waals surface area contributed by atoms with Crippen LogP contribution in [-0.4, -0.2) is 73.2 Å². The zero-order valence-electron chi connectivity index (χ0n) is 36.1. The molecule has 69 heavy (non-hydrogen) atoms. The molecule has 0 aliphatic rings. The predicted octanol–water partition coefficient (Wildman–Crippen LogP) is 7.55. The van der Waals surface area contributed by atoms with E-state index in [4.69, 9.17) is 29.0 Å². The van der Waals surface area contributed by atoms with Crippen molar-refractivity contribution in [2.45, 2.75) is 24.0 Å². The number of halogens is 2. The minimum Gasteiger partial charge on any atom is -0.504 e. The van der Waals surface area contributed by atoms with Gasteiger partial charge < -0.3 is 49.6 Å². The Balaban J connectivity index is 1.17. The molecule has 0 unspecified atom stereocenters. The molecule has 0 saturated carbocycles. The van der Waals surface area contributed by atoms with Crippen molar-refractivity contribution in [3.05, 3.63) is 137 Å². The van der Waals surface area contributed by atoms with Gasteiger partial charge in [-0.15, -0.1) is 11.3 Å². The lowest BCUT2D eigenvalue weighted by atomic mass is 10.1. The second-order valence-corrected chi connectivity index (χ2v) is 19.6. The first-order chi connectivity index (χ1) is 32.9. The van der Waals surface area contributed by atoms with Crippen LogP contribution in [-0.2, 0) is 14.6 Å². The van der Waals surface area contributed by atoms with Crippen molar-refractivity contribution in [1.82, 2.24) is 15.4 Å². The lowest BCUT2D eigenvalue weighted by Gasteiger charge is -2.20. The molecule has 1 heterocycles. The highest BCUT2D eigenvalue weighted by Crippen LogP contribution is 2.49. The van der Waals surface area contributed by atoms with E-state index in [-0.39, 0.29) is 70.0 Å². The first kappa shape index (κ1) is 50.5. The zero-order valence-corrected chi connectivity index (χ0v) is 38.6. The number of phenols is 4. The summed E-state index contributed by atoms with van der Waals surface area (Å²) < 4.78 is 95.7. The molecular weight excluding hydrogens is 964 g/mol. The highest BCUT2D eigenvalue weighted by atomic mass is 32.2. The number of aromatic hydroxyl groups is 4. The molecule has 0 atom stereocenters. The summed E-state index contributed by atoms with van der Waals surface area (Å²) in [5.74, 6) is -4.96. The first-order valence-corrected chi connectivity index (χ1v) is 24.4. The number of amides is 2. The number of carbonyl (C=O) groups excluding carboxylic acids is 2. The van der Waals surface area contributed by atoms with Crippen molar-refractivity contribution in [2.75, 3.05) is 32.6 Å². The number of hydrogen-bond acceptors (Lipinski definition) is 16. The molecule has 1 aromatic heterocycles. The van der Waals surface area contributed by atoms with Gasteiger partial charge in [-0.2, -0.15) is 15.2 Å². The number of carbonyl (C=O) groups is 2. The normalized spacial score (nSPS) is 11.2. The maximum Gasteiger partial charge on any atom is 0.445 e. The van der Waals surface area contributed by atoms with E-state index in [1.54, 1.807) is 31.2 Å². The molecule has 2 amide bonds. The van der Waals surface area contributed by atoms with Gasteiger partial charge in [0.15, 0.2) is 34.5 Å². The Morgan fingerprint density at radius 3 is 1.71 bits per heavy atom. The summed E-state index contributed by atoms with van der Waals surface area (Å²) in [5.41, 5.74) is 0.572. The van der Waals surface area contributed by atoms with Crippen LogP contribution in [0.25, 0.3) is 10.4 Å². The lowest BCUT2D eigenvalue weighted by molar-refractivity contribution is 0.0942. The summed E-state index contributed by atoms with van der Waals surface area (Å²) in [6, 6.07) is 22.4. The van der Waals surface area contributed by atoms with Crippen LogP contribution in [0.1, 0.15) is 50.2 Å². The van der Waals surface area contributed by atoms with Gasteiger partial charge in [0.1, 0.15) is 45.8 Å². The average Bonchev–Trinajstić information content (AvgIpc) is 3.82. The highest BCUT2D eigenvalue weighted by molar-refractivity contribution is 7.92. The third-order valence-electron chi connectivity index (χ3n) is 9.73. The summed E-state index contributed by atoms with van der Waals surface area (Å²) in [6.45, 7) is 2.17. The van der Waals surface area contributed by atoms with Crippen LogP contribution in [0.2, 0.25) is 0 Å². The largest absolute Gasteiger partial charge is 0.504 e. The third kappa shape index (κ3) is 13.0. The smallest absolute Gasteiger partial charge is 0.445 e. The minimum atomic E-state index is -4.71. The summed E-state index contributed by atoms with van der Waals surface area (Å²) in [4.78, 5) is 25.6. The predicted molar refractivity (Wildman–Crippen MR) is 245 cm³/mol. The number of nitrogens with zero attached hydrogens (tertiary/aromatic N) is 2. The van der Waals surface area contributed by atoms with E-state index in [0.29, 0.717) is 34.6 Å². The average molecular weight is 1000 g/mol. The molecular formula is C46H40F2N5O13PS2. The Labute approximate surface area is 397 Å². The van der Waals surface area contributed by atoms with E-state index in [1.807, 2.05) is 0 Å². The van der Waals surface area contributed by atoms with Gasteiger partial charge in [-0.1, -0.05) is 0 Å². The first-order valence-electron chi connectivity index (χ1n) is 20.4. The van der Waals surface area contributed by atoms with Crippen LogP contribution in [0, 0.1) is 41.2 Å². The summed E-state index contributed by atoms with van der Waals surface area (Å²) in [5, 5.41) is 62.2. The van der Waals surface area contributed by atoms with Crippen molar-refractivity contribution in [1.29, 1.82) is 10.5 Å². The fourth-order valence-electron chi connectivity index (χ4n) is 6.20. The summed E-state index contributed by atoms with van der Waals surface area (Å²) >= 11 is 0.825. The van der Waals surface area contributed by atoms with Crippen molar-refractivity contribution in [2.24, 2.45) is 0 Å². The topological polar surface area (TPSA) is 287 Å². The Kier molecular flexibility index (Phi) is 16.3. The van der Waals surface area contributed by atoms with Gasteiger partial charge in [0.25, 0.3) is 21.8 Å². The Hall–Kier alpha value is -7.88. The van der Waals surface area contributed by atoms with Crippen molar-refractivity contribution in [3.8, 4) is 68.6 Å². The van der Waals surface area contributed by atoms with E-state index in [2.05, 4.69) is 15.4 Å². The molecule has 7 N–H and O–H groups in total. The number of nitrogens with one attached hydrogen (secondary N) is 3. The molecule has 0 aliphatic heterocycles. The molecule has 6 rings (SSSR count). The van der Waals surface area contributed by atoms with Crippen LogP contribution >= 0.6 is 18.9 Å². The van der Waals surface area contributed by atoms with Gasteiger partial charge >= 0.3 is 7.60 Å². The number of ether oxygens (including phenoxy) is 2. The molecule has 23 heteroatoms. The van der Waals surface area contributed by atoms with Crippen molar-refractivity contribution in [3.63, 3.8) is 0 Å². The van der Waals surface area contributed by atoms with E-state index >= 15 is 0 Å². The number of hydrogen-bond donors (Lipinski definition) is 7. The molecule has 0 fully saturated rings. The Morgan fingerprint density at radius 1 is 0.696 bits per heavy atom. The molecule has 6 aromatic rings. The van der Waals surface area contributed by atoms with Crippen molar-refractivity contribution < 1.29 is 70.3 Å². The lowest BCUT2D eigenvalue weighted by Crippen LogP contribution is -2.26. The second kappa shape index (κ2) is 22.3. The number of thiophene rings is 1. The van der Waals surface area contributed by atoms with E-state index in [0.717, 1.165) is 59.9 Å². The van der Waals surface area contributed by atoms with Crippen LogP contribution in [0.15, 0.2) is 101 Å². The van der Waals surface area contributed by atoms with Gasteiger partial charge in [-0.05, 0) is 110 Å². The quantitative estimate of drug-likeness (QED) is 0.0208. The van der Waals surface area contributed by atoms with Crippen LogP contribution in [0.4, 0.5) is 8.78 Å². The maximum atomic E-state index is 14.5. The maximum absolute atomic E-state index is 14.5. The molecule has 0 radical (unpaired) electrons. The highest BCUT2D eigenvalue weighted by Gasteiger charge is 2.33. The fourth-order valence-corrected chi connectivity index (χ4v) is 10.6. The standard InChI is InChI=1S/C46H40F2N5O13PS2/c1-27-34(42-14-15-43(68-42)69(61,62)53-26-67(60,65-32-8-4-30(24-49)35(47)22-32)66-33-9-5-31(25-50)36(48)23-33)10-13-41(63-18-2-16-51-45(58)28-6-11-37(54)39(56)20-28)44(27)64-19-3-17-52-46(59)29-7-12-38(55)40(57)21-29/h4-15,20-23,53-57H,2-3,16-19,26H2,1H3,(H,51,58)(H,52,59). The van der Waals surface area contributed by atoms with Crippen LogP contribution in [0.3, 0.4) is 0 Å². The Morgan fingerprint density at radius 2 is 1.22 bits per heavy atom. The number of rotatable bonds is 21. The van der Waals surface area contributed by atoms with Crippen LogP contribution < -0.4 is 33.9 Å². The van der Waals surface area contributed by atoms with Crippen molar-refractivity contribution >= 4 is 40.8 Å². The SMILES string of the molecule is Cc1c(-c2ccc(S(=O)(=O)NCP(=O)(Oc3ccc(C#N)c(F)c3)Oc3ccc(C#N)c(F)c3)s2)ccc(OCCCNC(=O)c2ccc(O)c(O)c2)c1OCCCNC(=O)c1ccc(O)c(O)c1. The Bertz CT molecular complexity index is 3090. The van der Waals surface area contributed by atoms with E-state index in [1.165, 1.54) is 36.4 Å². The van der Waals surface area contributed by atoms with Crippen LogP contribution in [0.5, 0.6) is 46.0 Å². The fraction of sp³-hybridized carbons (Fsp3) is 0.174. The van der Waals surface area contributed by atoms with E-state index < -0.39 is 70.4 Å². The number of phenolic OH excluding ortho intramolecular Hbond substituents is 4. The van der Waals surface area contributed by atoms with Gasteiger partial charge in [0.2, 0.25) is 0 Å². The summed E-state index contributed by atoms with van der Waals surface area (Å²) in [6.07, 6.45) is -0.426. The molecule has 0 bridgehead atoms. The molecule has 0 aliphatic carbocycles. The van der Waals surface area contributed by atoms with Gasteiger partial charge in [0.05, 0.1) is 24.3 Å². The van der Waals surface area contributed by atoms with E-state index in [9.17, 15) is 51.8 Å². The molecule has 18 nitrogen and oxygen atoms in total. The second-order valence-electron chi connectivity index (χ2n) is 14.6. The number of sulfonamides is 1. The molecule has 5 aromatic carbocycles.